The normalized spacial score (nSPS) is 12.4. The van der Waals surface area contributed by atoms with Gasteiger partial charge < -0.3 is 19.3 Å². The number of ether oxygens (including phenoxy) is 2. The van der Waals surface area contributed by atoms with Crippen LogP contribution in [0.25, 0.3) is 0 Å². The van der Waals surface area contributed by atoms with Crippen molar-refractivity contribution >= 4 is 11.4 Å². The van der Waals surface area contributed by atoms with Crippen LogP contribution in [0.15, 0.2) is 36.4 Å². The fourth-order valence-electron chi connectivity index (χ4n) is 3.84. The lowest BCUT2D eigenvalue weighted by Crippen LogP contribution is -2.37. The van der Waals surface area contributed by atoms with Gasteiger partial charge in [-0.3, -0.25) is 0 Å². The summed E-state index contributed by atoms with van der Waals surface area (Å²) < 4.78 is 198. The maximum absolute atomic E-state index is 12.9. The highest BCUT2D eigenvalue weighted by Gasteiger charge is 2.37. The van der Waals surface area contributed by atoms with E-state index in [1.54, 1.807) is 6.92 Å². The lowest BCUT2D eigenvalue weighted by molar-refractivity contribution is -0.173. The second-order valence-electron chi connectivity index (χ2n) is 9.62. The van der Waals surface area contributed by atoms with Gasteiger partial charge in [-0.25, -0.2) is 0 Å². The number of anilines is 2. The van der Waals surface area contributed by atoms with Crippen molar-refractivity contribution in [1.29, 1.82) is 10.5 Å². The topological polar surface area (TPSA) is 72.5 Å². The van der Waals surface area contributed by atoms with E-state index in [2.05, 4.69) is 4.74 Å². The quantitative estimate of drug-likeness (QED) is 0.161. The minimum absolute atomic E-state index is 0.0616. The van der Waals surface area contributed by atoms with Gasteiger partial charge in [-0.05, 0) is 43.3 Å². The number of hydrogen-bond donors (Lipinski definition) is 0. The second-order valence-corrected chi connectivity index (χ2v) is 9.62. The third kappa shape index (κ3) is 16.2. The molecule has 0 saturated heterocycles. The van der Waals surface area contributed by atoms with Crippen molar-refractivity contribution < 1.29 is 75.3 Å². The van der Waals surface area contributed by atoms with E-state index in [1.807, 2.05) is 0 Å². The van der Waals surface area contributed by atoms with Crippen LogP contribution < -0.4 is 9.80 Å². The van der Waals surface area contributed by atoms with Gasteiger partial charge in [0.1, 0.15) is 19.7 Å². The first-order chi connectivity index (χ1) is 22.3. The smallest absolute Gasteiger partial charge is 0.380 e. The molecule has 21 heteroatoms. The standard InChI is InChI=1S/C14H11F9N2O.C14H14F6N2O/c15-12(16,17)7-25(3-4-26-8-13(18,19)20)10-2-1-9(6-24)11(5-10)14(21,22)23;1-2-23-6-5-22(9-13(15,16)17)11-4-3-10(8-21)12(7-11)14(18,19)20/h1-2,5H,3-4,7-8H2;3-4,7H,2,5-6,9H2,1H3. The maximum Gasteiger partial charge on any atom is 0.417 e. The molecule has 0 heterocycles. The molecule has 0 bridgehead atoms. The molecule has 0 spiro atoms. The Hall–Kier alpha value is -4.11. The average molecular weight is 735 g/mol. The van der Waals surface area contributed by atoms with Gasteiger partial charge in [0.15, 0.2) is 0 Å². The van der Waals surface area contributed by atoms with Crippen molar-refractivity contribution in [2.45, 2.75) is 37.8 Å². The van der Waals surface area contributed by atoms with Crippen LogP contribution in [-0.4, -0.2) is 71.1 Å². The summed E-state index contributed by atoms with van der Waals surface area (Å²) in [7, 11) is 0. The number of nitrogens with zero attached hydrogens (tertiary/aromatic N) is 4. The van der Waals surface area contributed by atoms with Gasteiger partial charge in [-0.2, -0.15) is 76.4 Å². The first-order valence-corrected chi connectivity index (χ1v) is 13.4. The SMILES string of the molecule is CCOCCN(CC(F)(F)F)c1ccc(C#N)c(C(F)(F)F)c1.N#Cc1ccc(N(CCOCC(F)(F)F)CC(F)(F)F)cc1C(F)(F)F. The van der Waals surface area contributed by atoms with Crippen molar-refractivity contribution in [2.75, 3.05) is 62.4 Å². The van der Waals surface area contributed by atoms with Crippen molar-refractivity contribution in [1.82, 2.24) is 0 Å². The maximum atomic E-state index is 12.9. The summed E-state index contributed by atoms with van der Waals surface area (Å²) in [5.41, 5.74) is -4.96. The van der Waals surface area contributed by atoms with E-state index in [0.717, 1.165) is 23.1 Å². The average Bonchev–Trinajstić information content (AvgIpc) is 2.95. The molecule has 0 saturated carbocycles. The molecule has 0 aliphatic carbocycles. The van der Waals surface area contributed by atoms with Crippen LogP contribution >= 0.6 is 0 Å². The minimum Gasteiger partial charge on any atom is -0.380 e. The Labute approximate surface area is 268 Å². The highest BCUT2D eigenvalue weighted by molar-refractivity contribution is 5.56. The third-order valence-corrected chi connectivity index (χ3v) is 5.81. The molecule has 49 heavy (non-hydrogen) atoms. The van der Waals surface area contributed by atoms with Crippen LogP contribution in [0.3, 0.4) is 0 Å². The van der Waals surface area contributed by atoms with E-state index in [-0.39, 0.29) is 25.4 Å². The molecule has 0 fully saturated rings. The molecule has 0 aromatic heterocycles. The molecule has 2 aromatic rings. The number of halogens is 15. The van der Waals surface area contributed by atoms with E-state index in [0.29, 0.717) is 23.1 Å². The largest absolute Gasteiger partial charge is 0.417 e. The first-order valence-electron chi connectivity index (χ1n) is 13.4. The summed E-state index contributed by atoms with van der Waals surface area (Å²) in [6.45, 7) is -4.71. The summed E-state index contributed by atoms with van der Waals surface area (Å²) in [4.78, 5) is 1.14. The number of rotatable bonds is 12. The lowest BCUT2D eigenvalue weighted by Gasteiger charge is -2.27. The fraction of sp³-hybridized carbons (Fsp3) is 0.500. The van der Waals surface area contributed by atoms with Crippen LogP contribution in [-0.2, 0) is 21.8 Å². The third-order valence-electron chi connectivity index (χ3n) is 5.81. The van der Waals surface area contributed by atoms with Gasteiger partial charge >= 0.3 is 30.9 Å². The molecule has 2 aromatic carbocycles. The Balaban J connectivity index is 0.000000494. The van der Waals surface area contributed by atoms with Gasteiger partial charge in [0, 0.05) is 31.1 Å². The molecule has 6 nitrogen and oxygen atoms in total. The molecule has 0 atom stereocenters. The van der Waals surface area contributed by atoms with Crippen molar-refractivity contribution in [3.8, 4) is 12.1 Å². The summed E-state index contributed by atoms with van der Waals surface area (Å²) in [6, 6.07) is 7.02. The predicted molar refractivity (Wildman–Crippen MR) is 142 cm³/mol. The summed E-state index contributed by atoms with van der Waals surface area (Å²) in [5, 5.41) is 17.4. The predicted octanol–water partition coefficient (Wildman–Crippen LogP) is 8.51. The van der Waals surface area contributed by atoms with Crippen LogP contribution in [0.1, 0.15) is 29.2 Å². The summed E-state index contributed by atoms with van der Waals surface area (Å²) in [5.74, 6) is 0. The fourth-order valence-corrected chi connectivity index (χ4v) is 3.84. The van der Waals surface area contributed by atoms with E-state index in [9.17, 15) is 65.9 Å². The molecular weight excluding hydrogens is 709 g/mol. The van der Waals surface area contributed by atoms with E-state index < -0.39 is 91.7 Å². The van der Waals surface area contributed by atoms with Gasteiger partial charge in [-0.15, -0.1) is 0 Å². The Bertz CT molecular complexity index is 1420. The Morgan fingerprint density at radius 1 is 0.571 bits per heavy atom. The van der Waals surface area contributed by atoms with Crippen molar-refractivity contribution in [3.05, 3.63) is 58.7 Å². The zero-order valence-electron chi connectivity index (χ0n) is 24.9. The zero-order valence-corrected chi connectivity index (χ0v) is 24.9. The van der Waals surface area contributed by atoms with Crippen molar-refractivity contribution in [2.24, 2.45) is 0 Å². The van der Waals surface area contributed by atoms with E-state index >= 15 is 0 Å². The molecule has 0 N–H and O–H groups in total. The first kappa shape index (κ1) is 42.9. The number of hydrogen-bond acceptors (Lipinski definition) is 6. The summed E-state index contributed by atoms with van der Waals surface area (Å²) >= 11 is 0. The van der Waals surface area contributed by atoms with Crippen molar-refractivity contribution in [3.63, 3.8) is 0 Å². The van der Waals surface area contributed by atoms with Crippen LogP contribution in [0.4, 0.5) is 77.2 Å². The van der Waals surface area contributed by atoms with Crippen LogP contribution in [0.5, 0.6) is 0 Å². The molecule has 274 valence electrons. The zero-order chi connectivity index (χ0) is 37.8. The molecule has 2 rings (SSSR count). The van der Waals surface area contributed by atoms with E-state index in [4.69, 9.17) is 15.3 Å². The summed E-state index contributed by atoms with van der Waals surface area (Å²) in [6.07, 6.45) is -23.9. The Morgan fingerprint density at radius 2 is 0.939 bits per heavy atom. The lowest BCUT2D eigenvalue weighted by atomic mass is 10.1. The van der Waals surface area contributed by atoms with Gasteiger partial charge in [0.05, 0.1) is 47.6 Å². The molecule has 0 aliphatic heterocycles. The second kappa shape index (κ2) is 17.5. The highest BCUT2D eigenvalue weighted by Crippen LogP contribution is 2.36. The highest BCUT2D eigenvalue weighted by atomic mass is 19.4. The van der Waals surface area contributed by atoms with Gasteiger partial charge in [-0.1, -0.05) is 0 Å². The Morgan fingerprint density at radius 3 is 1.22 bits per heavy atom. The minimum atomic E-state index is -4.99. The van der Waals surface area contributed by atoms with Gasteiger partial charge in [0.2, 0.25) is 0 Å². The molecule has 0 aliphatic rings. The number of benzene rings is 2. The Kier molecular flexibility index (Phi) is 15.3. The molecule has 0 radical (unpaired) electrons. The van der Waals surface area contributed by atoms with E-state index in [1.165, 1.54) is 12.1 Å². The molecular formula is C28H25F15N4O2. The van der Waals surface area contributed by atoms with Crippen LogP contribution in [0.2, 0.25) is 0 Å². The number of nitriles is 2. The van der Waals surface area contributed by atoms with Gasteiger partial charge in [0.25, 0.3) is 0 Å². The molecule has 0 amide bonds. The van der Waals surface area contributed by atoms with Crippen LogP contribution in [0, 0.1) is 22.7 Å². The molecule has 0 unspecified atom stereocenters. The number of alkyl halides is 15. The monoisotopic (exact) mass is 734 g/mol.